The number of aromatic nitrogens is 1. The van der Waals surface area contributed by atoms with Gasteiger partial charge in [0.1, 0.15) is 0 Å². The van der Waals surface area contributed by atoms with Crippen molar-refractivity contribution < 1.29 is 14.3 Å². The third-order valence-corrected chi connectivity index (χ3v) is 7.57. The molecular weight excluding hydrogens is 426 g/mol. The first-order chi connectivity index (χ1) is 16.5. The second-order valence-corrected chi connectivity index (χ2v) is 9.59. The van der Waals surface area contributed by atoms with Crippen LogP contribution in [0.4, 0.5) is 0 Å². The molecule has 3 heterocycles. The molecule has 178 valence electrons. The third kappa shape index (κ3) is 3.70. The molecule has 0 unspecified atom stereocenters. The van der Waals surface area contributed by atoms with Gasteiger partial charge in [0.25, 0.3) is 5.91 Å². The number of piperidine rings is 1. The molecule has 2 aliphatic rings. The van der Waals surface area contributed by atoms with Crippen LogP contribution >= 0.6 is 0 Å². The van der Waals surface area contributed by atoms with Crippen LogP contribution in [0.3, 0.4) is 0 Å². The lowest BCUT2D eigenvalue weighted by Gasteiger charge is -2.44. The Labute approximate surface area is 201 Å². The number of likely N-dealkylation sites (tertiary alicyclic amines) is 1. The Morgan fingerprint density at radius 2 is 1.82 bits per heavy atom. The van der Waals surface area contributed by atoms with Gasteiger partial charge in [0, 0.05) is 61.5 Å². The average molecular weight is 460 g/mol. The summed E-state index contributed by atoms with van der Waals surface area (Å²) >= 11 is 0. The number of carbonyl (C=O) groups is 2. The fourth-order valence-electron chi connectivity index (χ4n) is 5.85. The Balaban J connectivity index is 1.72. The minimum atomic E-state index is -0.461. The monoisotopic (exact) mass is 459 g/mol. The maximum atomic E-state index is 14.3. The molecule has 1 saturated heterocycles. The van der Waals surface area contributed by atoms with Gasteiger partial charge in [0.2, 0.25) is 5.91 Å². The highest BCUT2D eigenvalue weighted by atomic mass is 16.5. The zero-order chi connectivity index (χ0) is 23.8. The molecular formula is C28H33N3O3. The lowest BCUT2D eigenvalue weighted by molar-refractivity contribution is -0.138. The van der Waals surface area contributed by atoms with Gasteiger partial charge in [-0.2, -0.15) is 0 Å². The van der Waals surface area contributed by atoms with E-state index in [1.165, 1.54) is 0 Å². The van der Waals surface area contributed by atoms with Gasteiger partial charge in [0.05, 0.1) is 18.6 Å². The number of carbonyl (C=O) groups excluding carboxylic acids is 2. The van der Waals surface area contributed by atoms with Crippen LogP contribution in [0, 0.1) is 0 Å². The number of aryl methyl sites for hydroxylation is 1. The molecule has 34 heavy (non-hydrogen) atoms. The third-order valence-electron chi connectivity index (χ3n) is 7.57. The zero-order valence-electron chi connectivity index (χ0n) is 20.2. The van der Waals surface area contributed by atoms with E-state index in [-0.39, 0.29) is 17.9 Å². The molecule has 3 atom stereocenters. The molecule has 2 aromatic carbocycles. The smallest absolute Gasteiger partial charge is 0.254 e. The number of rotatable bonds is 5. The summed E-state index contributed by atoms with van der Waals surface area (Å²) in [5.41, 5.74) is 3.56. The molecule has 6 nitrogen and oxygen atoms in total. The topological polar surface area (TPSA) is 54.8 Å². The van der Waals surface area contributed by atoms with Gasteiger partial charge in [-0.3, -0.25) is 9.59 Å². The highest BCUT2D eigenvalue weighted by Crippen LogP contribution is 2.46. The summed E-state index contributed by atoms with van der Waals surface area (Å²) in [6.07, 6.45) is 5.29. The summed E-state index contributed by atoms with van der Waals surface area (Å²) in [6, 6.07) is 15.7. The van der Waals surface area contributed by atoms with Crippen LogP contribution in [0.2, 0.25) is 0 Å². The minimum Gasteiger partial charge on any atom is -0.383 e. The lowest BCUT2D eigenvalue weighted by atomic mass is 9.78. The van der Waals surface area contributed by atoms with E-state index in [0.29, 0.717) is 18.7 Å². The molecule has 2 amide bonds. The Morgan fingerprint density at radius 3 is 2.62 bits per heavy atom. The quantitative estimate of drug-likeness (QED) is 0.564. The van der Waals surface area contributed by atoms with Gasteiger partial charge in [-0.15, -0.1) is 0 Å². The number of ether oxygens (including phenoxy) is 1. The molecule has 6 heteroatoms. The van der Waals surface area contributed by atoms with Crippen molar-refractivity contribution >= 4 is 22.7 Å². The van der Waals surface area contributed by atoms with Crippen molar-refractivity contribution in [3.8, 4) is 0 Å². The van der Waals surface area contributed by atoms with E-state index in [1.807, 2.05) is 53.2 Å². The number of hydrogen-bond donors (Lipinski definition) is 0. The van der Waals surface area contributed by atoms with E-state index in [1.54, 1.807) is 7.11 Å². The van der Waals surface area contributed by atoms with Crippen LogP contribution in [0.5, 0.6) is 0 Å². The van der Waals surface area contributed by atoms with Gasteiger partial charge in [-0.1, -0.05) is 36.4 Å². The van der Waals surface area contributed by atoms with E-state index >= 15 is 0 Å². The Hall–Kier alpha value is -3.12. The van der Waals surface area contributed by atoms with E-state index in [4.69, 9.17) is 4.74 Å². The molecule has 0 radical (unpaired) electrons. The lowest BCUT2D eigenvalue weighted by Crippen LogP contribution is -2.51. The molecule has 1 aromatic heterocycles. The zero-order valence-corrected chi connectivity index (χ0v) is 20.2. The van der Waals surface area contributed by atoms with Crippen LogP contribution in [-0.4, -0.2) is 59.0 Å². The second-order valence-electron chi connectivity index (χ2n) is 9.59. The molecule has 0 N–H and O–H groups in total. The summed E-state index contributed by atoms with van der Waals surface area (Å²) in [7, 11) is 3.67. The molecule has 2 aliphatic heterocycles. The molecule has 1 fully saturated rings. The van der Waals surface area contributed by atoms with Crippen LogP contribution in [-0.2, 0) is 16.6 Å². The van der Waals surface area contributed by atoms with Crippen molar-refractivity contribution in [3.05, 3.63) is 71.4 Å². The maximum absolute atomic E-state index is 14.3. The molecule has 0 spiro atoms. The second kappa shape index (κ2) is 9.26. The predicted octanol–water partition coefficient (Wildman–Crippen LogP) is 4.51. The number of methoxy groups -OCH3 is 1. The van der Waals surface area contributed by atoms with Gasteiger partial charge in [0.15, 0.2) is 0 Å². The SMILES string of the molecule is COCCN1C(=O)c2ccccc2[C@H](C(=O)N2CCCC[C@@H]2C)[C@@H]1c1cn(C)c2ccccc12. The van der Waals surface area contributed by atoms with E-state index in [0.717, 1.165) is 47.8 Å². The van der Waals surface area contributed by atoms with Crippen molar-refractivity contribution in [2.24, 2.45) is 7.05 Å². The van der Waals surface area contributed by atoms with E-state index < -0.39 is 12.0 Å². The van der Waals surface area contributed by atoms with Gasteiger partial charge in [-0.25, -0.2) is 0 Å². The fourth-order valence-corrected chi connectivity index (χ4v) is 5.85. The summed E-state index contributed by atoms with van der Waals surface area (Å²) in [4.78, 5) is 32.0. The predicted molar refractivity (Wildman–Crippen MR) is 133 cm³/mol. The van der Waals surface area contributed by atoms with Crippen LogP contribution in [0.15, 0.2) is 54.7 Å². The molecule has 5 rings (SSSR count). The first-order valence-electron chi connectivity index (χ1n) is 12.3. The number of para-hydroxylation sites is 1. The van der Waals surface area contributed by atoms with Crippen molar-refractivity contribution in [1.29, 1.82) is 0 Å². The number of nitrogens with zero attached hydrogens (tertiary/aromatic N) is 3. The van der Waals surface area contributed by atoms with Crippen LogP contribution in [0.1, 0.15) is 59.6 Å². The molecule has 0 aliphatic carbocycles. The van der Waals surface area contributed by atoms with Crippen molar-refractivity contribution in [2.75, 3.05) is 26.8 Å². The first-order valence-corrected chi connectivity index (χ1v) is 12.3. The van der Waals surface area contributed by atoms with Crippen LogP contribution in [0.25, 0.3) is 10.9 Å². The Morgan fingerprint density at radius 1 is 1.06 bits per heavy atom. The number of amides is 2. The Kier molecular flexibility index (Phi) is 6.17. The van der Waals surface area contributed by atoms with Crippen LogP contribution < -0.4 is 0 Å². The maximum Gasteiger partial charge on any atom is 0.254 e. The fraction of sp³-hybridized carbons (Fsp3) is 0.429. The van der Waals surface area contributed by atoms with Gasteiger partial charge >= 0.3 is 0 Å². The molecule has 0 saturated carbocycles. The summed E-state index contributed by atoms with van der Waals surface area (Å²) < 4.78 is 7.48. The molecule has 0 bridgehead atoms. The van der Waals surface area contributed by atoms with Crippen molar-refractivity contribution in [2.45, 2.75) is 44.2 Å². The normalized spacial score (nSPS) is 22.8. The largest absolute Gasteiger partial charge is 0.383 e. The molecule has 3 aromatic rings. The van der Waals surface area contributed by atoms with Crippen molar-refractivity contribution in [1.82, 2.24) is 14.4 Å². The average Bonchev–Trinajstić information content (AvgIpc) is 3.19. The highest BCUT2D eigenvalue weighted by molar-refractivity contribution is 6.02. The highest BCUT2D eigenvalue weighted by Gasteiger charge is 2.46. The minimum absolute atomic E-state index is 0.0404. The summed E-state index contributed by atoms with van der Waals surface area (Å²) in [6.45, 7) is 3.76. The van der Waals surface area contributed by atoms with E-state index in [9.17, 15) is 9.59 Å². The van der Waals surface area contributed by atoms with Crippen molar-refractivity contribution in [3.63, 3.8) is 0 Å². The number of benzene rings is 2. The Bertz CT molecular complexity index is 1220. The van der Waals surface area contributed by atoms with E-state index in [2.05, 4.69) is 29.8 Å². The summed E-state index contributed by atoms with van der Waals surface area (Å²) in [5, 5.41) is 1.08. The van der Waals surface area contributed by atoms with Gasteiger partial charge < -0.3 is 19.1 Å². The first kappa shape index (κ1) is 22.7. The summed E-state index contributed by atoms with van der Waals surface area (Å²) in [5.74, 6) is -0.383. The van der Waals surface area contributed by atoms with Gasteiger partial charge in [-0.05, 0) is 43.9 Å². The number of hydrogen-bond acceptors (Lipinski definition) is 3. The number of fused-ring (bicyclic) bond motifs is 2. The standard InChI is InChI=1S/C28H33N3O3/c1-19-10-8-9-15-30(19)28(33)25-21-12-4-5-13-22(21)27(32)31(16-17-34-3)26(25)23-18-29(2)24-14-7-6-11-20(23)24/h4-7,11-14,18-19,25-26H,8-10,15-17H2,1-3H3/t19-,25-,26-/m0/s1.